The summed E-state index contributed by atoms with van der Waals surface area (Å²) in [6, 6.07) is 6.52. The van der Waals surface area contributed by atoms with E-state index in [1.54, 1.807) is 12.1 Å². The number of phenols is 1. The van der Waals surface area contributed by atoms with Crippen LogP contribution < -0.4 is 10.6 Å². The van der Waals surface area contributed by atoms with E-state index in [-0.39, 0.29) is 17.7 Å². The molecule has 0 radical (unpaired) electrons. The molecular formula is C19H24N4O3. The summed E-state index contributed by atoms with van der Waals surface area (Å²) in [6.07, 6.45) is 4.09. The molecule has 2 aromatic rings. The van der Waals surface area contributed by atoms with Crippen LogP contribution in [-0.2, 0) is 4.79 Å². The van der Waals surface area contributed by atoms with Crippen molar-refractivity contribution in [2.75, 3.05) is 11.9 Å². The number of nitrogens with one attached hydrogen (secondary N) is 2. The third-order valence-electron chi connectivity index (χ3n) is 4.57. The minimum atomic E-state index is -0.241. The van der Waals surface area contributed by atoms with Crippen molar-refractivity contribution in [3.8, 4) is 17.0 Å². The molecule has 138 valence electrons. The number of aromatic hydroxyl groups is 1. The van der Waals surface area contributed by atoms with Crippen molar-refractivity contribution in [1.29, 1.82) is 0 Å². The Morgan fingerprint density at radius 3 is 2.65 bits per heavy atom. The summed E-state index contributed by atoms with van der Waals surface area (Å²) in [4.78, 5) is 23.6. The van der Waals surface area contributed by atoms with Gasteiger partial charge in [-0.1, -0.05) is 13.3 Å². The topological polar surface area (TPSA) is 96.3 Å². The molecule has 1 heterocycles. The van der Waals surface area contributed by atoms with E-state index < -0.39 is 0 Å². The summed E-state index contributed by atoms with van der Waals surface area (Å²) in [7, 11) is 0. The number of rotatable bonds is 5. The lowest BCUT2D eigenvalue weighted by molar-refractivity contribution is -0.114. The molecule has 1 aromatic heterocycles. The molecule has 7 heteroatoms. The number of phenolic OH excluding ortho intramolecular Hbond substituents is 1. The van der Waals surface area contributed by atoms with Gasteiger partial charge < -0.3 is 15.7 Å². The fourth-order valence-corrected chi connectivity index (χ4v) is 3.02. The second-order valence-electron chi connectivity index (χ2n) is 6.64. The molecule has 1 aliphatic rings. The SMILES string of the molecule is CCCNC(=O)n1nc(-c2ccc(NC(C)=O)cc2O)cc1C1CCC1. The summed E-state index contributed by atoms with van der Waals surface area (Å²) < 4.78 is 1.43. The van der Waals surface area contributed by atoms with Crippen molar-refractivity contribution in [1.82, 2.24) is 15.1 Å². The summed E-state index contributed by atoms with van der Waals surface area (Å²) >= 11 is 0. The van der Waals surface area contributed by atoms with Gasteiger partial charge in [0.2, 0.25) is 5.91 Å². The molecule has 1 aromatic carbocycles. The number of hydrogen-bond acceptors (Lipinski definition) is 4. The van der Waals surface area contributed by atoms with Gasteiger partial charge in [-0.05, 0) is 37.5 Å². The van der Waals surface area contributed by atoms with E-state index in [4.69, 9.17) is 0 Å². The van der Waals surface area contributed by atoms with Gasteiger partial charge in [-0.3, -0.25) is 4.79 Å². The quantitative estimate of drug-likeness (QED) is 0.764. The van der Waals surface area contributed by atoms with E-state index in [0.717, 1.165) is 31.4 Å². The van der Waals surface area contributed by atoms with Crippen molar-refractivity contribution in [2.24, 2.45) is 0 Å². The molecule has 3 rings (SSSR count). The normalized spacial score (nSPS) is 13.9. The van der Waals surface area contributed by atoms with E-state index in [1.807, 2.05) is 13.0 Å². The Morgan fingerprint density at radius 2 is 2.08 bits per heavy atom. The molecule has 3 N–H and O–H groups in total. The van der Waals surface area contributed by atoms with Gasteiger partial charge in [-0.15, -0.1) is 0 Å². The van der Waals surface area contributed by atoms with Crippen molar-refractivity contribution in [3.05, 3.63) is 30.0 Å². The van der Waals surface area contributed by atoms with E-state index in [1.165, 1.54) is 17.7 Å². The first-order valence-corrected chi connectivity index (χ1v) is 8.98. The maximum Gasteiger partial charge on any atom is 0.342 e. The highest BCUT2D eigenvalue weighted by atomic mass is 16.3. The minimum Gasteiger partial charge on any atom is -0.507 e. The predicted molar refractivity (Wildman–Crippen MR) is 99.3 cm³/mol. The average molecular weight is 356 g/mol. The van der Waals surface area contributed by atoms with Gasteiger partial charge in [-0.2, -0.15) is 9.78 Å². The van der Waals surface area contributed by atoms with Gasteiger partial charge in [0.15, 0.2) is 0 Å². The molecule has 1 aliphatic carbocycles. The van der Waals surface area contributed by atoms with Crippen LogP contribution in [-0.4, -0.2) is 33.4 Å². The smallest absolute Gasteiger partial charge is 0.342 e. The standard InChI is InChI=1S/C19H24N4O3/c1-3-9-20-19(26)23-17(13-5-4-6-13)11-16(22-23)15-8-7-14(10-18(15)25)21-12(2)24/h7-8,10-11,13,25H,3-6,9H2,1-2H3,(H,20,26)(H,21,24). The number of nitrogens with zero attached hydrogens (tertiary/aromatic N) is 2. The van der Waals surface area contributed by atoms with E-state index >= 15 is 0 Å². The van der Waals surface area contributed by atoms with Crippen LogP contribution in [0.2, 0.25) is 0 Å². The zero-order valence-corrected chi connectivity index (χ0v) is 15.1. The molecule has 0 saturated heterocycles. The molecule has 1 fully saturated rings. The third kappa shape index (κ3) is 3.71. The van der Waals surface area contributed by atoms with Crippen molar-refractivity contribution in [2.45, 2.75) is 45.4 Å². The van der Waals surface area contributed by atoms with E-state index in [2.05, 4.69) is 15.7 Å². The van der Waals surface area contributed by atoms with E-state index in [0.29, 0.717) is 29.4 Å². The lowest BCUT2D eigenvalue weighted by Crippen LogP contribution is -2.32. The highest BCUT2D eigenvalue weighted by Gasteiger charge is 2.27. The van der Waals surface area contributed by atoms with Crippen LogP contribution in [0.1, 0.15) is 51.1 Å². The number of hydrogen-bond donors (Lipinski definition) is 3. The molecule has 0 bridgehead atoms. The molecule has 26 heavy (non-hydrogen) atoms. The second kappa shape index (κ2) is 7.59. The van der Waals surface area contributed by atoms with Gasteiger partial charge >= 0.3 is 6.03 Å². The minimum absolute atomic E-state index is 0.00928. The Morgan fingerprint density at radius 1 is 1.31 bits per heavy atom. The lowest BCUT2D eigenvalue weighted by atomic mass is 9.82. The Labute approximate surface area is 152 Å². The molecule has 0 atom stereocenters. The van der Waals surface area contributed by atoms with Crippen LogP contribution in [0, 0.1) is 0 Å². The number of anilines is 1. The van der Waals surface area contributed by atoms with Gasteiger partial charge in [0.25, 0.3) is 0 Å². The maximum atomic E-state index is 12.5. The highest BCUT2D eigenvalue weighted by molar-refractivity contribution is 5.89. The first-order valence-electron chi connectivity index (χ1n) is 8.98. The van der Waals surface area contributed by atoms with Crippen LogP contribution >= 0.6 is 0 Å². The Bertz CT molecular complexity index is 824. The summed E-state index contributed by atoms with van der Waals surface area (Å²) in [5.74, 6) is 0.126. The van der Waals surface area contributed by atoms with Crippen LogP contribution in [0.5, 0.6) is 5.75 Å². The number of carbonyl (C=O) groups excluding carboxylic acids is 2. The Kier molecular flexibility index (Phi) is 5.25. The zero-order valence-electron chi connectivity index (χ0n) is 15.1. The first kappa shape index (κ1) is 18.0. The second-order valence-corrected chi connectivity index (χ2v) is 6.64. The van der Waals surface area contributed by atoms with Crippen LogP contribution in [0.3, 0.4) is 0 Å². The third-order valence-corrected chi connectivity index (χ3v) is 4.57. The zero-order chi connectivity index (χ0) is 18.7. The van der Waals surface area contributed by atoms with Gasteiger partial charge in [0, 0.05) is 36.7 Å². The number of benzene rings is 1. The molecule has 0 unspecified atom stereocenters. The van der Waals surface area contributed by atoms with Crippen molar-refractivity contribution >= 4 is 17.6 Å². The number of aromatic nitrogens is 2. The number of amides is 2. The van der Waals surface area contributed by atoms with Gasteiger partial charge in [0.1, 0.15) is 5.75 Å². The molecule has 7 nitrogen and oxygen atoms in total. The van der Waals surface area contributed by atoms with Crippen LogP contribution in [0.4, 0.5) is 10.5 Å². The molecule has 0 aliphatic heterocycles. The molecule has 0 spiro atoms. The van der Waals surface area contributed by atoms with Gasteiger partial charge in [-0.25, -0.2) is 4.79 Å². The van der Waals surface area contributed by atoms with Crippen molar-refractivity contribution < 1.29 is 14.7 Å². The summed E-state index contributed by atoms with van der Waals surface area (Å²) in [5, 5.41) is 20.3. The predicted octanol–water partition coefficient (Wildman–Crippen LogP) is 3.45. The summed E-state index contributed by atoms with van der Waals surface area (Å²) in [5.41, 5.74) is 2.47. The molecular weight excluding hydrogens is 332 g/mol. The largest absolute Gasteiger partial charge is 0.507 e. The van der Waals surface area contributed by atoms with Crippen LogP contribution in [0.25, 0.3) is 11.3 Å². The first-order chi connectivity index (χ1) is 12.5. The van der Waals surface area contributed by atoms with E-state index in [9.17, 15) is 14.7 Å². The molecule has 2 amide bonds. The average Bonchev–Trinajstić information content (AvgIpc) is 2.95. The fraction of sp³-hybridized carbons (Fsp3) is 0.421. The monoisotopic (exact) mass is 356 g/mol. The highest BCUT2D eigenvalue weighted by Crippen LogP contribution is 2.39. The van der Waals surface area contributed by atoms with Crippen LogP contribution in [0.15, 0.2) is 24.3 Å². The van der Waals surface area contributed by atoms with Gasteiger partial charge in [0.05, 0.1) is 11.4 Å². The maximum absolute atomic E-state index is 12.5. The fourth-order valence-electron chi connectivity index (χ4n) is 3.02. The lowest BCUT2D eigenvalue weighted by Gasteiger charge is -2.25. The Hall–Kier alpha value is -2.83. The number of carbonyl (C=O) groups is 2. The van der Waals surface area contributed by atoms with Crippen molar-refractivity contribution in [3.63, 3.8) is 0 Å². The summed E-state index contributed by atoms with van der Waals surface area (Å²) in [6.45, 7) is 4.00. The Balaban J connectivity index is 1.93. The molecule has 1 saturated carbocycles.